The highest BCUT2D eigenvalue weighted by atomic mass is 35.5. The Morgan fingerprint density at radius 2 is 1.96 bits per heavy atom. The molecule has 3 aromatic rings. The summed E-state index contributed by atoms with van der Waals surface area (Å²) in [4.78, 5) is 20.6. The minimum absolute atomic E-state index is 0.234. The third-order valence-corrected chi connectivity index (χ3v) is 4.21. The van der Waals surface area contributed by atoms with E-state index in [1.807, 2.05) is 0 Å². The molecular formula is C20H18ClN3O3. The number of aliphatic hydroxyl groups is 2. The number of carbonyl (C=O) groups is 1. The highest BCUT2D eigenvalue weighted by molar-refractivity contribution is 6.33. The fraction of sp³-hybridized carbons (Fsp3) is 0.150. The van der Waals surface area contributed by atoms with Gasteiger partial charge in [-0.2, -0.15) is 0 Å². The molecule has 0 fully saturated rings. The molecule has 0 aliphatic rings. The van der Waals surface area contributed by atoms with Crippen LogP contribution in [-0.4, -0.2) is 38.8 Å². The van der Waals surface area contributed by atoms with Crippen molar-refractivity contribution in [3.63, 3.8) is 0 Å². The summed E-state index contributed by atoms with van der Waals surface area (Å²) < 4.78 is 0. The predicted molar refractivity (Wildman–Crippen MR) is 104 cm³/mol. The van der Waals surface area contributed by atoms with Gasteiger partial charge in [-0.3, -0.25) is 14.8 Å². The zero-order chi connectivity index (χ0) is 19.2. The van der Waals surface area contributed by atoms with Crippen LogP contribution in [0.1, 0.15) is 15.9 Å². The third-order valence-electron chi connectivity index (χ3n) is 3.92. The number of benzene rings is 1. The molecule has 0 aliphatic heterocycles. The van der Waals surface area contributed by atoms with Crippen LogP contribution in [0.2, 0.25) is 5.02 Å². The molecule has 0 saturated carbocycles. The number of aliphatic hydroxyl groups excluding tert-OH is 2. The number of hydrogen-bond donors (Lipinski definition) is 3. The van der Waals surface area contributed by atoms with Gasteiger partial charge in [-0.25, -0.2) is 0 Å². The lowest BCUT2D eigenvalue weighted by Crippen LogP contribution is -2.15. The van der Waals surface area contributed by atoms with Crippen molar-refractivity contribution in [1.29, 1.82) is 0 Å². The van der Waals surface area contributed by atoms with E-state index in [0.717, 1.165) is 11.1 Å². The maximum absolute atomic E-state index is 12.3. The van der Waals surface area contributed by atoms with E-state index >= 15 is 0 Å². The summed E-state index contributed by atoms with van der Waals surface area (Å²) in [7, 11) is 0. The number of nitrogens with one attached hydrogen (secondary N) is 1. The maximum atomic E-state index is 12.3. The Hall–Kier alpha value is -2.80. The fourth-order valence-corrected chi connectivity index (χ4v) is 2.86. The van der Waals surface area contributed by atoms with Crippen LogP contribution in [-0.2, 0) is 6.42 Å². The fourth-order valence-electron chi connectivity index (χ4n) is 2.56. The Balaban J connectivity index is 1.74. The first-order valence-electron chi connectivity index (χ1n) is 8.32. The predicted octanol–water partition coefficient (Wildman–Crippen LogP) is 2.95. The highest BCUT2D eigenvalue weighted by Gasteiger charge is 2.11. The van der Waals surface area contributed by atoms with Gasteiger partial charge in [0.1, 0.15) is 0 Å². The average molecular weight is 384 g/mol. The second-order valence-corrected chi connectivity index (χ2v) is 6.39. The van der Waals surface area contributed by atoms with Gasteiger partial charge in [0.05, 0.1) is 35.3 Å². The molecule has 0 unspecified atom stereocenters. The van der Waals surface area contributed by atoms with Crippen molar-refractivity contribution in [2.75, 3.05) is 11.9 Å². The van der Waals surface area contributed by atoms with Gasteiger partial charge in [0.2, 0.25) is 0 Å². The van der Waals surface area contributed by atoms with Crippen molar-refractivity contribution in [3.05, 3.63) is 77.2 Å². The topological polar surface area (TPSA) is 95.3 Å². The second kappa shape index (κ2) is 8.73. The Morgan fingerprint density at radius 1 is 1.19 bits per heavy atom. The third kappa shape index (κ3) is 4.89. The summed E-state index contributed by atoms with van der Waals surface area (Å²) in [6, 6.07) is 12.2. The number of aromatic nitrogens is 2. The van der Waals surface area contributed by atoms with Gasteiger partial charge in [-0.15, -0.1) is 0 Å². The second-order valence-electron chi connectivity index (χ2n) is 5.99. The van der Waals surface area contributed by atoms with Crippen LogP contribution in [0.3, 0.4) is 0 Å². The van der Waals surface area contributed by atoms with E-state index in [9.17, 15) is 9.90 Å². The van der Waals surface area contributed by atoms with Gasteiger partial charge < -0.3 is 15.5 Å². The van der Waals surface area contributed by atoms with Crippen molar-refractivity contribution in [2.45, 2.75) is 12.5 Å². The van der Waals surface area contributed by atoms with E-state index in [0.29, 0.717) is 22.0 Å². The number of hydrogen-bond acceptors (Lipinski definition) is 5. The molecule has 0 bridgehead atoms. The zero-order valence-electron chi connectivity index (χ0n) is 14.3. The molecule has 2 heterocycles. The molecule has 1 aromatic carbocycles. The Bertz CT molecular complexity index is 918. The van der Waals surface area contributed by atoms with E-state index in [2.05, 4.69) is 15.3 Å². The summed E-state index contributed by atoms with van der Waals surface area (Å²) in [5.41, 5.74) is 3.21. The largest absolute Gasteiger partial charge is 0.394 e. The summed E-state index contributed by atoms with van der Waals surface area (Å²) in [6.45, 7) is -0.318. The van der Waals surface area contributed by atoms with Crippen LogP contribution in [0.4, 0.5) is 5.69 Å². The van der Waals surface area contributed by atoms with Gasteiger partial charge in [-0.05, 0) is 35.9 Å². The lowest BCUT2D eigenvalue weighted by Gasteiger charge is -2.10. The van der Waals surface area contributed by atoms with E-state index in [1.165, 1.54) is 0 Å². The smallest absolute Gasteiger partial charge is 0.255 e. The van der Waals surface area contributed by atoms with Crippen molar-refractivity contribution in [2.24, 2.45) is 0 Å². The molecular weight excluding hydrogens is 366 g/mol. The molecule has 1 amide bonds. The number of rotatable bonds is 6. The number of pyridine rings is 2. The molecule has 0 aliphatic carbocycles. The van der Waals surface area contributed by atoms with Gasteiger partial charge in [0, 0.05) is 29.9 Å². The molecule has 27 heavy (non-hydrogen) atoms. The summed E-state index contributed by atoms with van der Waals surface area (Å²) >= 11 is 6.31. The molecule has 2 aromatic heterocycles. The molecule has 0 saturated heterocycles. The van der Waals surface area contributed by atoms with Crippen LogP contribution in [0.15, 0.2) is 61.1 Å². The minimum Gasteiger partial charge on any atom is -0.394 e. The van der Waals surface area contributed by atoms with Crippen molar-refractivity contribution >= 4 is 23.2 Å². The van der Waals surface area contributed by atoms with E-state index in [4.69, 9.17) is 16.7 Å². The normalized spacial score (nSPS) is 11.8. The van der Waals surface area contributed by atoms with E-state index in [-0.39, 0.29) is 18.9 Å². The molecule has 1 atom stereocenters. The molecule has 0 radical (unpaired) electrons. The average Bonchev–Trinajstić information content (AvgIpc) is 2.69. The molecule has 6 nitrogen and oxygen atoms in total. The highest BCUT2D eigenvalue weighted by Crippen LogP contribution is 2.27. The number of halogens is 1. The molecule has 3 N–H and O–H groups in total. The lowest BCUT2D eigenvalue weighted by atomic mass is 10.1. The maximum Gasteiger partial charge on any atom is 0.255 e. The van der Waals surface area contributed by atoms with Crippen LogP contribution >= 0.6 is 11.6 Å². The van der Waals surface area contributed by atoms with Crippen molar-refractivity contribution in [3.8, 4) is 11.3 Å². The standard InChI is InChI=1S/C20H18ClN3O3/c21-18-9-13(8-17(26)12-25)10-23-19(18)14-3-5-15(6-4-14)20(27)24-16-2-1-7-22-11-16/h1-7,9-11,17,25-26H,8,12H2,(H,24,27)/t17-/m1/s1. The van der Waals surface area contributed by atoms with E-state index in [1.54, 1.807) is 61.1 Å². The summed E-state index contributed by atoms with van der Waals surface area (Å²) in [6.07, 6.45) is 4.26. The Morgan fingerprint density at radius 3 is 2.59 bits per heavy atom. The molecule has 138 valence electrons. The number of amides is 1. The van der Waals surface area contributed by atoms with Crippen molar-refractivity contribution < 1.29 is 15.0 Å². The summed E-state index contributed by atoms with van der Waals surface area (Å²) in [5, 5.41) is 21.6. The van der Waals surface area contributed by atoms with Crippen LogP contribution in [0.25, 0.3) is 11.3 Å². The Labute approximate surface area is 161 Å². The van der Waals surface area contributed by atoms with Gasteiger partial charge in [0.25, 0.3) is 5.91 Å². The molecule has 0 spiro atoms. The monoisotopic (exact) mass is 383 g/mol. The van der Waals surface area contributed by atoms with Gasteiger partial charge in [0.15, 0.2) is 0 Å². The quantitative estimate of drug-likeness (QED) is 0.608. The van der Waals surface area contributed by atoms with E-state index < -0.39 is 6.10 Å². The zero-order valence-corrected chi connectivity index (χ0v) is 15.1. The van der Waals surface area contributed by atoms with Crippen molar-refractivity contribution in [1.82, 2.24) is 9.97 Å². The molecule has 7 heteroatoms. The Kier molecular flexibility index (Phi) is 6.13. The number of anilines is 1. The first kappa shape index (κ1) is 19.0. The van der Waals surface area contributed by atoms with Crippen LogP contribution in [0, 0.1) is 0 Å². The first-order valence-corrected chi connectivity index (χ1v) is 8.70. The number of nitrogens with zero attached hydrogens (tertiary/aromatic N) is 2. The van der Waals surface area contributed by atoms with Gasteiger partial charge >= 0.3 is 0 Å². The minimum atomic E-state index is -0.841. The SMILES string of the molecule is O=C(Nc1cccnc1)c1ccc(-c2ncc(C[C@@H](O)CO)cc2Cl)cc1. The first-order chi connectivity index (χ1) is 13.1. The van der Waals surface area contributed by atoms with Crippen LogP contribution < -0.4 is 5.32 Å². The van der Waals surface area contributed by atoms with Crippen LogP contribution in [0.5, 0.6) is 0 Å². The lowest BCUT2D eigenvalue weighted by molar-refractivity contribution is 0.0954. The van der Waals surface area contributed by atoms with Gasteiger partial charge in [-0.1, -0.05) is 23.7 Å². The summed E-state index contributed by atoms with van der Waals surface area (Å²) in [5.74, 6) is -0.234. The number of carbonyl (C=O) groups excluding carboxylic acids is 1. The molecule has 3 rings (SSSR count).